The number of carboxylic acids is 1. The minimum atomic E-state index is -5.08. The van der Waals surface area contributed by atoms with Crippen molar-refractivity contribution in [3.63, 3.8) is 0 Å². The summed E-state index contributed by atoms with van der Waals surface area (Å²) < 4.78 is 58.8. The molecule has 1 aromatic heterocycles. The zero-order chi connectivity index (χ0) is 33.1. The fourth-order valence-corrected chi connectivity index (χ4v) is 4.28. The molecule has 0 radical (unpaired) electrons. The number of hydrogen-bond donors (Lipinski definition) is 4. The van der Waals surface area contributed by atoms with Gasteiger partial charge >= 0.3 is 17.8 Å². The number of nitro groups is 1. The largest absolute Gasteiger partial charge is 0.497 e. The number of aliphatic carboxylic acids is 1. The van der Waals surface area contributed by atoms with Gasteiger partial charge in [-0.3, -0.25) is 20.1 Å². The monoisotopic (exact) mass is 633 g/mol. The van der Waals surface area contributed by atoms with Crippen molar-refractivity contribution in [2.45, 2.75) is 18.8 Å². The number of fused-ring (bicyclic) bond motifs is 1. The number of carboxylic acid groups (broad SMARTS) is 1. The molecule has 4 aromatic rings. The molecule has 0 aliphatic carbocycles. The highest BCUT2D eigenvalue weighted by Gasteiger charge is 2.38. The predicted molar refractivity (Wildman–Crippen MR) is 150 cm³/mol. The Morgan fingerprint density at radius 3 is 2.49 bits per heavy atom. The SMILES string of the molecule is COc1cc(OC)c(F)c(C(Nc2ccc3c(c2)CN=C3N)c2nn(-c3ccccc3[N+](=O)[O-])c(=O)[nH]2)c1.O=C(O)C(F)(F)F. The van der Waals surface area contributed by atoms with E-state index < -0.39 is 34.6 Å². The molecule has 0 saturated heterocycles. The minimum Gasteiger partial charge on any atom is -0.497 e. The van der Waals surface area contributed by atoms with Crippen molar-refractivity contribution in [2.24, 2.45) is 10.7 Å². The molecule has 2 heterocycles. The van der Waals surface area contributed by atoms with Gasteiger partial charge < -0.3 is 25.6 Å². The van der Waals surface area contributed by atoms with Crippen LogP contribution in [0.25, 0.3) is 5.69 Å². The number of H-pyrrole nitrogens is 1. The summed E-state index contributed by atoms with van der Waals surface area (Å²) in [6.07, 6.45) is -5.08. The summed E-state index contributed by atoms with van der Waals surface area (Å²) in [4.78, 5) is 39.6. The average molecular weight is 634 g/mol. The van der Waals surface area contributed by atoms with Gasteiger partial charge in [0.2, 0.25) is 0 Å². The van der Waals surface area contributed by atoms with Crippen LogP contribution in [0.4, 0.5) is 28.9 Å². The molecule has 236 valence electrons. The second-order valence-electron chi connectivity index (χ2n) is 9.16. The van der Waals surface area contributed by atoms with Crippen LogP contribution >= 0.6 is 0 Å². The summed E-state index contributed by atoms with van der Waals surface area (Å²) in [5.74, 6) is -2.81. The van der Waals surface area contributed by atoms with Crippen molar-refractivity contribution in [3.05, 3.63) is 104 Å². The van der Waals surface area contributed by atoms with Crippen LogP contribution in [0.3, 0.4) is 0 Å². The number of ether oxygens (including phenoxy) is 2. The van der Waals surface area contributed by atoms with Crippen molar-refractivity contribution in [3.8, 4) is 17.2 Å². The molecule has 0 spiro atoms. The Balaban J connectivity index is 0.000000591. The highest BCUT2D eigenvalue weighted by atomic mass is 19.4. The van der Waals surface area contributed by atoms with E-state index in [1.54, 1.807) is 18.2 Å². The molecule has 1 atom stereocenters. The van der Waals surface area contributed by atoms with Gasteiger partial charge in [-0.25, -0.2) is 14.0 Å². The van der Waals surface area contributed by atoms with Crippen LogP contribution < -0.4 is 26.2 Å². The number of aromatic nitrogens is 3. The molecule has 14 nitrogen and oxygen atoms in total. The van der Waals surface area contributed by atoms with Crippen LogP contribution in [0.2, 0.25) is 0 Å². The van der Waals surface area contributed by atoms with Crippen molar-refractivity contribution in [1.29, 1.82) is 0 Å². The summed E-state index contributed by atoms with van der Waals surface area (Å²) in [5.41, 5.74) is 7.12. The Morgan fingerprint density at radius 2 is 1.87 bits per heavy atom. The number of anilines is 1. The second kappa shape index (κ2) is 12.7. The van der Waals surface area contributed by atoms with Crippen LogP contribution in [-0.4, -0.2) is 57.0 Å². The number of benzene rings is 3. The molecular weight excluding hydrogens is 610 g/mol. The smallest absolute Gasteiger partial charge is 0.490 e. The number of nitrogens with zero attached hydrogens (tertiary/aromatic N) is 4. The Labute approximate surface area is 249 Å². The lowest BCUT2D eigenvalue weighted by Crippen LogP contribution is -2.21. The molecule has 0 saturated carbocycles. The molecule has 1 aliphatic heterocycles. The maximum atomic E-state index is 15.6. The molecule has 0 bridgehead atoms. The van der Waals surface area contributed by atoms with Crippen LogP contribution in [0, 0.1) is 15.9 Å². The zero-order valence-electron chi connectivity index (χ0n) is 23.3. The number of hydrogen-bond acceptors (Lipinski definition) is 10. The first-order valence-corrected chi connectivity index (χ1v) is 12.6. The number of aromatic amines is 1. The van der Waals surface area contributed by atoms with Crippen molar-refractivity contribution in [1.82, 2.24) is 14.8 Å². The molecule has 0 fully saturated rings. The zero-order valence-corrected chi connectivity index (χ0v) is 23.3. The third kappa shape index (κ3) is 6.84. The van der Waals surface area contributed by atoms with E-state index in [0.717, 1.165) is 15.8 Å². The van der Waals surface area contributed by atoms with Crippen molar-refractivity contribution in [2.75, 3.05) is 19.5 Å². The van der Waals surface area contributed by atoms with Crippen LogP contribution in [0.1, 0.15) is 28.6 Å². The predicted octanol–water partition coefficient (Wildman–Crippen LogP) is 3.68. The number of nitrogens with one attached hydrogen (secondary N) is 2. The Morgan fingerprint density at radius 1 is 1.18 bits per heavy atom. The standard InChI is InChI=1S/C25H22FN7O5.C2HF3O2/c1-37-15-10-17(21(26)20(11-15)38-2)22(29-14-7-8-16-13(9-14)12-28-23(16)27)24-30-25(34)32(31-24)18-5-3-4-6-19(18)33(35)36;3-2(4,5)1(6)7/h3-11,22,29H,12H2,1-2H3,(H2,27,28)(H,30,31,34);(H,6,7). The number of carbonyl (C=O) groups is 1. The minimum absolute atomic E-state index is 0.00128. The number of rotatable bonds is 8. The first-order chi connectivity index (χ1) is 21.2. The van der Waals surface area contributed by atoms with Gasteiger partial charge in [0.25, 0.3) is 5.69 Å². The fraction of sp³-hybridized carbons (Fsp3) is 0.185. The van der Waals surface area contributed by atoms with E-state index in [4.69, 9.17) is 25.1 Å². The lowest BCUT2D eigenvalue weighted by molar-refractivity contribution is -0.384. The van der Waals surface area contributed by atoms with E-state index in [1.165, 1.54) is 44.6 Å². The Kier molecular flexibility index (Phi) is 9.05. The van der Waals surface area contributed by atoms with E-state index in [9.17, 15) is 28.1 Å². The number of halogens is 4. The first-order valence-electron chi connectivity index (χ1n) is 12.6. The van der Waals surface area contributed by atoms with E-state index in [-0.39, 0.29) is 28.5 Å². The summed E-state index contributed by atoms with van der Waals surface area (Å²) >= 11 is 0. The van der Waals surface area contributed by atoms with Gasteiger partial charge in [-0.15, -0.1) is 5.10 Å². The van der Waals surface area contributed by atoms with Gasteiger partial charge in [0.1, 0.15) is 23.3 Å². The number of aliphatic imine (C=N–C) groups is 1. The van der Waals surface area contributed by atoms with Crippen LogP contribution in [0.15, 0.2) is 64.4 Å². The number of para-hydroxylation sites is 2. The fourth-order valence-electron chi connectivity index (χ4n) is 4.28. The van der Waals surface area contributed by atoms with Gasteiger partial charge in [0, 0.05) is 28.9 Å². The quantitative estimate of drug-likeness (QED) is 0.126. The third-order valence-electron chi connectivity index (χ3n) is 6.38. The molecule has 5 rings (SSSR count). The van der Waals surface area contributed by atoms with Gasteiger partial charge in [-0.1, -0.05) is 12.1 Å². The molecular formula is C27H23F4N7O7. The highest BCUT2D eigenvalue weighted by molar-refractivity contribution is 6.01. The maximum absolute atomic E-state index is 15.6. The molecule has 1 unspecified atom stereocenters. The molecule has 3 aromatic carbocycles. The van der Waals surface area contributed by atoms with Crippen LogP contribution in [-0.2, 0) is 11.3 Å². The summed E-state index contributed by atoms with van der Waals surface area (Å²) in [7, 11) is 2.75. The van der Waals surface area contributed by atoms with Gasteiger partial charge in [-0.2, -0.15) is 17.9 Å². The average Bonchev–Trinajstić information content (AvgIpc) is 3.57. The number of methoxy groups -OCH3 is 2. The molecule has 5 N–H and O–H groups in total. The second-order valence-corrected chi connectivity index (χ2v) is 9.16. The normalized spacial score (nSPS) is 12.7. The topological polar surface area (TPSA) is 200 Å². The van der Waals surface area contributed by atoms with Gasteiger partial charge in [-0.05, 0) is 35.9 Å². The van der Waals surface area contributed by atoms with E-state index >= 15 is 4.39 Å². The summed E-state index contributed by atoms with van der Waals surface area (Å²) in [6.45, 7) is 0.395. The third-order valence-corrected chi connectivity index (χ3v) is 6.38. The van der Waals surface area contributed by atoms with E-state index in [0.29, 0.717) is 23.8 Å². The summed E-state index contributed by atoms with van der Waals surface area (Å²) in [5, 5.41) is 26.2. The number of nitrogens with two attached hydrogens (primary N) is 1. The number of alkyl halides is 3. The number of nitro benzene ring substituents is 1. The van der Waals surface area contributed by atoms with Gasteiger partial charge in [0.15, 0.2) is 17.4 Å². The number of amidine groups is 1. The first kappa shape index (κ1) is 32.0. The highest BCUT2D eigenvalue weighted by Crippen LogP contribution is 2.35. The van der Waals surface area contributed by atoms with Crippen molar-refractivity contribution >= 4 is 23.2 Å². The van der Waals surface area contributed by atoms with Crippen LogP contribution in [0.5, 0.6) is 11.5 Å². The van der Waals surface area contributed by atoms with E-state index in [1.807, 2.05) is 6.07 Å². The molecule has 45 heavy (non-hydrogen) atoms. The van der Waals surface area contributed by atoms with Gasteiger partial charge in [0.05, 0.1) is 25.7 Å². The maximum Gasteiger partial charge on any atom is 0.490 e. The lowest BCUT2D eigenvalue weighted by atomic mass is 10.0. The molecule has 1 aliphatic rings. The molecule has 18 heteroatoms. The lowest BCUT2D eigenvalue weighted by Gasteiger charge is -2.21. The van der Waals surface area contributed by atoms with Crippen molar-refractivity contribution < 1.29 is 41.9 Å². The van der Waals surface area contributed by atoms with E-state index in [2.05, 4.69) is 20.4 Å². The molecule has 0 amide bonds. The summed E-state index contributed by atoms with van der Waals surface area (Å²) in [6, 6.07) is 12.8. The Hall–Kier alpha value is -5.94. The Bertz CT molecular complexity index is 1850.